The average Bonchev–Trinajstić information content (AvgIpc) is 2.71. The molecule has 7 heteroatoms. The summed E-state index contributed by atoms with van der Waals surface area (Å²) in [6.07, 6.45) is 0.146. The molecule has 2 rings (SSSR count). The van der Waals surface area contributed by atoms with Gasteiger partial charge in [-0.25, -0.2) is 13.8 Å². The van der Waals surface area contributed by atoms with Crippen LogP contribution in [0.25, 0.3) is 0 Å². The third-order valence-electron chi connectivity index (χ3n) is 2.88. The fourth-order valence-electron chi connectivity index (χ4n) is 1.81. The molecule has 0 aliphatic heterocycles. The smallest absolute Gasteiger partial charge is 0.222 e. The van der Waals surface area contributed by atoms with Crippen LogP contribution in [0, 0.1) is 18.6 Å². The lowest BCUT2D eigenvalue weighted by Gasteiger charge is -2.10. The van der Waals surface area contributed by atoms with Gasteiger partial charge in [0.2, 0.25) is 5.91 Å². The van der Waals surface area contributed by atoms with Crippen molar-refractivity contribution in [3.05, 3.63) is 46.0 Å². The van der Waals surface area contributed by atoms with Gasteiger partial charge in [-0.1, -0.05) is 11.8 Å². The Morgan fingerprint density at radius 3 is 2.86 bits per heavy atom. The van der Waals surface area contributed by atoms with Gasteiger partial charge in [-0.15, -0.1) is 11.3 Å². The van der Waals surface area contributed by atoms with Crippen LogP contribution < -0.4 is 5.73 Å². The highest BCUT2D eigenvalue weighted by molar-refractivity contribution is 8.01. The number of carbonyl (C=O) groups excluding carboxylic acids is 1. The number of aromatic nitrogens is 1. The van der Waals surface area contributed by atoms with E-state index in [-0.39, 0.29) is 11.7 Å². The molecular formula is C14H14F2N2OS2. The summed E-state index contributed by atoms with van der Waals surface area (Å²) < 4.78 is 27.6. The van der Waals surface area contributed by atoms with E-state index < -0.39 is 17.5 Å². The molecule has 21 heavy (non-hydrogen) atoms. The van der Waals surface area contributed by atoms with E-state index in [4.69, 9.17) is 5.73 Å². The number of halogens is 2. The highest BCUT2D eigenvalue weighted by Crippen LogP contribution is 2.39. The molecule has 2 N–H and O–H groups in total. The number of nitrogens with two attached hydrogens (primary N) is 1. The van der Waals surface area contributed by atoms with Gasteiger partial charge in [0.15, 0.2) is 4.34 Å². The molecule has 0 aliphatic carbocycles. The largest absolute Gasteiger partial charge is 0.369 e. The van der Waals surface area contributed by atoms with Gasteiger partial charge in [-0.2, -0.15) is 0 Å². The van der Waals surface area contributed by atoms with E-state index in [0.29, 0.717) is 9.90 Å². The second kappa shape index (κ2) is 6.53. The Labute approximate surface area is 129 Å². The van der Waals surface area contributed by atoms with E-state index in [1.807, 2.05) is 0 Å². The van der Waals surface area contributed by atoms with Gasteiger partial charge in [0.1, 0.15) is 11.6 Å². The van der Waals surface area contributed by atoms with Crippen LogP contribution in [-0.2, 0) is 11.2 Å². The van der Waals surface area contributed by atoms with Crippen LogP contribution in [0.3, 0.4) is 0 Å². The molecule has 0 spiro atoms. The maximum Gasteiger partial charge on any atom is 0.222 e. The summed E-state index contributed by atoms with van der Waals surface area (Å²) in [4.78, 5) is 16.1. The van der Waals surface area contributed by atoms with Crippen molar-refractivity contribution in [1.29, 1.82) is 0 Å². The van der Waals surface area contributed by atoms with E-state index in [0.717, 1.165) is 22.7 Å². The molecule has 3 nitrogen and oxygen atoms in total. The minimum absolute atomic E-state index is 0.146. The first-order valence-corrected chi connectivity index (χ1v) is 7.92. The SMILES string of the molecule is Cc1nc(S[C@@H](C)c2cc(F)ccc2F)sc1CC(N)=O. The Morgan fingerprint density at radius 2 is 2.19 bits per heavy atom. The number of nitrogens with zero attached hydrogens (tertiary/aromatic N) is 1. The molecule has 0 unspecified atom stereocenters. The molecule has 0 aliphatic rings. The van der Waals surface area contributed by atoms with E-state index in [2.05, 4.69) is 4.98 Å². The molecule has 0 saturated heterocycles. The van der Waals surface area contributed by atoms with E-state index >= 15 is 0 Å². The third kappa shape index (κ3) is 4.01. The highest BCUT2D eigenvalue weighted by atomic mass is 32.2. The lowest BCUT2D eigenvalue weighted by atomic mass is 10.1. The molecule has 1 atom stereocenters. The second-order valence-corrected chi connectivity index (χ2v) is 7.23. The number of thiazole rings is 1. The molecule has 1 aromatic carbocycles. The predicted octanol–water partition coefficient (Wildman–Crippen LogP) is 3.61. The van der Waals surface area contributed by atoms with Crippen molar-refractivity contribution in [2.24, 2.45) is 5.73 Å². The quantitative estimate of drug-likeness (QED) is 0.853. The van der Waals surface area contributed by atoms with Gasteiger partial charge >= 0.3 is 0 Å². The van der Waals surface area contributed by atoms with E-state index in [1.165, 1.54) is 29.2 Å². The van der Waals surface area contributed by atoms with Gasteiger partial charge < -0.3 is 5.73 Å². The van der Waals surface area contributed by atoms with Crippen LogP contribution in [0.5, 0.6) is 0 Å². The number of hydrogen-bond acceptors (Lipinski definition) is 4. The highest BCUT2D eigenvalue weighted by Gasteiger charge is 2.17. The minimum atomic E-state index is -0.469. The molecule has 1 heterocycles. The van der Waals surface area contributed by atoms with Crippen LogP contribution in [-0.4, -0.2) is 10.9 Å². The van der Waals surface area contributed by atoms with Crippen LogP contribution in [0.2, 0.25) is 0 Å². The third-order valence-corrected chi connectivity index (χ3v) is 5.27. The molecular weight excluding hydrogens is 314 g/mol. The summed E-state index contributed by atoms with van der Waals surface area (Å²) in [5, 5.41) is -0.285. The molecule has 0 saturated carbocycles. The lowest BCUT2D eigenvalue weighted by molar-refractivity contribution is -0.117. The lowest BCUT2D eigenvalue weighted by Crippen LogP contribution is -2.13. The Morgan fingerprint density at radius 1 is 1.48 bits per heavy atom. The number of rotatable bonds is 5. The number of benzene rings is 1. The average molecular weight is 328 g/mol. The predicted molar refractivity (Wildman–Crippen MR) is 80.4 cm³/mol. The monoisotopic (exact) mass is 328 g/mol. The first kappa shape index (κ1) is 15.9. The van der Waals surface area contributed by atoms with Crippen molar-refractivity contribution in [3.63, 3.8) is 0 Å². The van der Waals surface area contributed by atoms with Crippen molar-refractivity contribution < 1.29 is 13.6 Å². The summed E-state index contributed by atoms with van der Waals surface area (Å²) in [5.41, 5.74) is 6.21. The number of carbonyl (C=O) groups is 1. The Bertz CT molecular complexity index is 673. The summed E-state index contributed by atoms with van der Waals surface area (Å²) in [6, 6.07) is 3.40. The molecule has 0 fully saturated rings. The normalized spacial score (nSPS) is 12.4. The fourth-order valence-corrected chi connectivity index (χ4v) is 4.34. The number of hydrogen-bond donors (Lipinski definition) is 1. The topological polar surface area (TPSA) is 56.0 Å². The minimum Gasteiger partial charge on any atom is -0.369 e. The van der Waals surface area contributed by atoms with Crippen LogP contribution in [0.4, 0.5) is 8.78 Å². The van der Waals surface area contributed by atoms with Crippen molar-refractivity contribution in [2.45, 2.75) is 29.9 Å². The van der Waals surface area contributed by atoms with Gasteiger partial charge in [-0.05, 0) is 32.0 Å². The summed E-state index contributed by atoms with van der Waals surface area (Å²) >= 11 is 2.69. The Balaban J connectivity index is 2.17. The van der Waals surface area contributed by atoms with Gasteiger partial charge in [0, 0.05) is 15.7 Å². The number of amides is 1. The van der Waals surface area contributed by atoms with Gasteiger partial charge in [-0.3, -0.25) is 4.79 Å². The summed E-state index contributed by atoms with van der Waals surface area (Å²) in [6.45, 7) is 3.58. The zero-order valence-corrected chi connectivity index (χ0v) is 13.2. The molecule has 0 bridgehead atoms. The molecule has 112 valence electrons. The molecule has 2 aromatic rings. The van der Waals surface area contributed by atoms with Crippen molar-refractivity contribution in [2.75, 3.05) is 0 Å². The zero-order chi connectivity index (χ0) is 15.6. The van der Waals surface area contributed by atoms with E-state index in [9.17, 15) is 13.6 Å². The van der Waals surface area contributed by atoms with Gasteiger partial charge in [0.05, 0.1) is 12.1 Å². The number of aryl methyl sites for hydroxylation is 1. The van der Waals surface area contributed by atoms with E-state index in [1.54, 1.807) is 13.8 Å². The molecule has 0 radical (unpaired) electrons. The fraction of sp³-hybridized carbons (Fsp3) is 0.286. The number of thioether (sulfide) groups is 1. The summed E-state index contributed by atoms with van der Waals surface area (Å²) in [5.74, 6) is -1.33. The van der Waals surface area contributed by atoms with Crippen molar-refractivity contribution in [1.82, 2.24) is 4.98 Å². The molecule has 1 amide bonds. The first-order chi connectivity index (χ1) is 9.86. The Hall–Kier alpha value is -1.47. The standard InChI is InChI=1S/C14H14F2N2OS2/c1-7-12(6-13(17)19)21-14(18-7)20-8(2)10-5-9(15)3-4-11(10)16/h3-5,8H,6H2,1-2H3,(H2,17,19)/t8-/m0/s1. The van der Waals surface area contributed by atoms with Gasteiger partial charge in [0.25, 0.3) is 0 Å². The maximum atomic E-state index is 13.7. The molecule has 1 aromatic heterocycles. The first-order valence-electron chi connectivity index (χ1n) is 6.23. The maximum absolute atomic E-state index is 13.7. The second-order valence-electron chi connectivity index (χ2n) is 4.56. The Kier molecular flexibility index (Phi) is 4.95. The van der Waals surface area contributed by atoms with Crippen LogP contribution >= 0.6 is 23.1 Å². The number of primary amides is 1. The van der Waals surface area contributed by atoms with Crippen molar-refractivity contribution in [3.8, 4) is 0 Å². The van der Waals surface area contributed by atoms with Crippen molar-refractivity contribution >= 4 is 29.0 Å². The zero-order valence-electron chi connectivity index (χ0n) is 11.5. The van der Waals surface area contributed by atoms with Crippen LogP contribution in [0.15, 0.2) is 22.5 Å². The summed E-state index contributed by atoms with van der Waals surface area (Å²) in [7, 11) is 0. The van der Waals surface area contributed by atoms with Crippen LogP contribution in [0.1, 0.15) is 28.3 Å².